The van der Waals surface area contributed by atoms with Crippen molar-refractivity contribution < 1.29 is 33.4 Å². The summed E-state index contributed by atoms with van der Waals surface area (Å²) in [4.78, 5) is 58.0. The molecule has 3 fully saturated rings. The number of phenolic OH excluding ortho intramolecular Hbond substituents is 1. The van der Waals surface area contributed by atoms with E-state index in [1.165, 1.54) is 23.1 Å². The smallest absolute Gasteiger partial charge is 0.241 e. The van der Waals surface area contributed by atoms with E-state index in [1.54, 1.807) is 26.0 Å². The number of carbonyl (C=O) groups excluding carboxylic acids is 4. The molecule has 2 aromatic carbocycles. The Bertz CT molecular complexity index is 1560. The number of fused-ring (bicyclic) bond motifs is 4. The summed E-state index contributed by atoms with van der Waals surface area (Å²) in [6, 6.07) is 8.62. The molecule has 4 aliphatic rings. The topological polar surface area (TPSA) is 104 Å². The Kier molecular flexibility index (Phi) is 6.91. The summed E-state index contributed by atoms with van der Waals surface area (Å²) >= 11 is 6.05. The summed E-state index contributed by atoms with van der Waals surface area (Å²) in [5.74, 6) is -4.88. The number of anilines is 1. The second kappa shape index (κ2) is 10.2. The number of phenols is 1. The number of carbonyl (C=O) groups is 4. The molecule has 2 aliphatic heterocycles. The van der Waals surface area contributed by atoms with Crippen molar-refractivity contribution in [1.29, 1.82) is 0 Å². The van der Waals surface area contributed by atoms with Gasteiger partial charge in [-0.3, -0.25) is 24.1 Å². The third-order valence-corrected chi connectivity index (χ3v) is 9.88. The molecule has 0 unspecified atom stereocenters. The van der Waals surface area contributed by atoms with Crippen LogP contribution in [0.15, 0.2) is 48.0 Å². The number of halogens is 2. The highest BCUT2D eigenvalue weighted by Gasteiger charge is 2.67. The molecule has 2 heterocycles. The second-order valence-corrected chi connectivity index (χ2v) is 12.2. The summed E-state index contributed by atoms with van der Waals surface area (Å²) in [6.07, 6.45) is 3.18. The first kappa shape index (κ1) is 28.4. The van der Waals surface area contributed by atoms with Crippen molar-refractivity contribution in [3.05, 3.63) is 64.5 Å². The first-order valence-corrected chi connectivity index (χ1v) is 14.8. The van der Waals surface area contributed by atoms with E-state index in [1.807, 2.05) is 13.0 Å². The quantitative estimate of drug-likeness (QED) is 0.363. The predicted octanol–water partition coefficient (Wildman–Crippen LogP) is 5.22. The molecule has 6 atom stereocenters. The van der Waals surface area contributed by atoms with Crippen LogP contribution in [0.2, 0.25) is 5.02 Å². The van der Waals surface area contributed by atoms with Crippen LogP contribution in [0, 0.1) is 34.9 Å². The van der Waals surface area contributed by atoms with E-state index >= 15 is 0 Å². The van der Waals surface area contributed by atoms with Gasteiger partial charge in [0, 0.05) is 12.5 Å². The lowest BCUT2D eigenvalue weighted by Gasteiger charge is -2.49. The van der Waals surface area contributed by atoms with Crippen molar-refractivity contribution in [2.75, 3.05) is 18.1 Å². The molecule has 0 spiro atoms. The highest BCUT2D eigenvalue weighted by molar-refractivity contribution is 6.31. The van der Waals surface area contributed by atoms with Crippen molar-refractivity contribution in [1.82, 2.24) is 4.90 Å². The Labute approximate surface area is 248 Å². The summed E-state index contributed by atoms with van der Waals surface area (Å²) in [5, 5.41) is 10.2. The minimum Gasteiger partial charge on any atom is -0.504 e. The number of ether oxygens (including phenoxy) is 1. The van der Waals surface area contributed by atoms with Gasteiger partial charge in [-0.2, -0.15) is 0 Å². The van der Waals surface area contributed by atoms with Gasteiger partial charge in [-0.15, -0.1) is 0 Å². The molecule has 10 heteroatoms. The average Bonchev–Trinajstić information content (AvgIpc) is 3.32. The number of hydrogen-bond donors (Lipinski definition) is 1. The largest absolute Gasteiger partial charge is 0.504 e. The number of imide groups is 2. The Balaban J connectivity index is 1.52. The normalized spacial score (nSPS) is 30.3. The minimum atomic E-state index is -1.28. The van der Waals surface area contributed by atoms with E-state index in [-0.39, 0.29) is 40.4 Å². The Hall–Kier alpha value is -3.72. The van der Waals surface area contributed by atoms with Gasteiger partial charge >= 0.3 is 0 Å². The number of likely N-dealkylation sites (tertiary alicyclic amines) is 1. The maximum Gasteiger partial charge on any atom is 0.241 e. The van der Waals surface area contributed by atoms with Crippen LogP contribution in [0.3, 0.4) is 0 Å². The molecule has 42 heavy (non-hydrogen) atoms. The molecule has 0 radical (unpaired) electrons. The lowest BCUT2D eigenvalue weighted by molar-refractivity contribution is -0.140. The van der Waals surface area contributed by atoms with Crippen LogP contribution in [-0.4, -0.2) is 46.8 Å². The van der Waals surface area contributed by atoms with Gasteiger partial charge in [0.05, 0.1) is 40.5 Å². The third-order valence-electron chi connectivity index (χ3n) is 9.59. The fourth-order valence-electron chi connectivity index (χ4n) is 7.76. The molecule has 4 amide bonds. The monoisotopic (exact) mass is 594 g/mol. The SMILES string of the molecule is CCCN1C(=O)[C@H]2[C@H](CC=C3[C@H]2C[C@H]2C(=O)N(c4ccc(F)c(Cl)c4)C(=O)[C@@]2(C)[C@H]3c2ccc(O)c(OCC)c2)C1=O. The van der Waals surface area contributed by atoms with Crippen molar-refractivity contribution in [3.8, 4) is 11.5 Å². The molecule has 6 rings (SSSR count). The van der Waals surface area contributed by atoms with Gasteiger partial charge in [-0.25, -0.2) is 9.29 Å². The summed E-state index contributed by atoms with van der Waals surface area (Å²) in [6.45, 7) is 6.10. The molecule has 1 N–H and O–H groups in total. The second-order valence-electron chi connectivity index (χ2n) is 11.7. The van der Waals surface area contributed by atoms with E-state index in [0.29, 0.717) is 31.6 Å². The maximum atomic E-state index is 14.4. The predicted molar refractivity (Wildman–Crippen MR) is 152 cm³/mol. The number of nitrogens with zero attached hydrogens (tertiary/aromatic N) is 2. The van der Waals surface area contributed by atoms with Gasteiger partial charge in [0.25, 0.3) is 0 Å². The van der Waals surface area contributed by atoms with E-state index in [0.717, 1.165) is 16.5 Å². The Morgan fingerprint density at radius 2 is 1.81 bits per heavy atom. The van der Waals surface area contributed by atoms with Crippen LogP contribution in [0.25, 0.3) is 0 Å². The molecule has 2 aromatic rings. The number of allylic oxidation sites excluding steroid dienone is 2. The summed E-state index contributed by atoms with van der Waals surface area (Å²) in [5.41, 5.74) is 0.383. The van der Waals surface area contributed by atoms with Gasteiger partial charge in [-0.1, -0.05) is 36.2 Å². The average molecular weight is 595 g/mol. The molecular formula is C32H32ClFN2O6. The van der Waals surface area contributed by atoms with Crippen LogP contribution >= 0.6 is 11.6 Å². The van der Waals surface area contributed by atoms with Gasteiger partial charge < -0.3 is 9.84 Å². The van der Waals surface area contributed by atoms with Gasteiger partial charge in [0.2, 0.25) is 23.6 Å². The van der Waals surface area contributed by atoms with Gasteiger partial charge in [0.1, 0.15) is 5.82 Å². The molecule has 0 aromatic heterocycles. The van der Waals surface area contributed by atoms with Crippen LogP contribution in [-0.2, 0) is 19.2 Å². The lowest BCUT2D eigenvalue weighted by Crippen LogP contribution is -2.48. The zero-order valence-electron chi connectivity index (χ0n) is 23.6. The van der Waals surface area contributed by atoms with Gasteiger partial charge in [-0.05, 0) is 74.9 Å². The molecule has 0 bridgehead atoms. The third kappa shape index (κ3) is 3.92. The Morgan fingerprint density at radius 1 is 1.05 bits per heavy atom. The lowest BCUT2D eigenvalue weighted by atomic mass is 9.51. The van der Waals surface area contributed by atoms with Gasteiger partial charge in [0.15, 0.2) is 11.5 Å². The molecule has 2 saturated heterocycles. The van der Waals surface area contributed by atoms with Crippen LogP contribution in [0.5, 0.6) is 11.5 Å². The fourth-order valence-corrected chi connectivity index (χ4v) is 7.93. The number of benzene rings is 2. The van der Waals surface area contributed by atoms with Crippen molar-refractivity contribution >= 4 is 40.9 Å². The highest BCUT2D eigenvalue weighted by atomic mass is 35.5. The molecule has 220 valence electrons. The molecule has 8 nitrogen and oxygen atoms in total. The van der Waals surface area contributed by atoms with Crippen molar-refractivity contribution in [3.63, 3.8) is 0 Å². The van der Waals surface area contributed by atoms with Crippen LogP contribution < -0.4 is 9.64 Å². The summed E-state index contributed by atoms with van der Waals surface area (Å²) in [7, 11) is 0. The summed E-state index contributed by atoms with van der Waals surface area (Å²) < 4.78 is 19.7. The van der Waals surface area contributed by atoms with E-state index < -0.39 is 52.6 Å². The minimum absolute atomic E-state index is 0.0597. The first-order chi connectivity index (χ1) is 20.0. The number of rotatable bonds is 6. The molecule has 2 aliphatic carbocycles. The molecular weight excluding hydrogens is 563 g/mol. The first-order valence-electron chi connectivity index (χ1n) is 14.4. The van der Waals surface area contributed by atoms with E-state index in [4.69, 9.17) is 16.3 Å². The zero-order valence-corrected chi connectivity index (χ0v) is 24.4. The number of aromatic hydroxyl groups is 1. The van der Waals surface area contributed by atoms with Crippen molar-refractivity contribution in [2.24, 2.45) is 29.1 Å². The van der Waals surface area contributed by atoms with Crippen molar-refractivity contribution in [2.45, 2.75) is 46.0 Å². The number of hydrogen-bond acceptors (Lipinski definition) is 6. The Morgan fingerprint density at radius 3 is 2.50 bits per heavy atom. The van der Waals surface area contributed by atoms with E-state index in [9.17, 15) is 28.7 Å². The fraction of sp³-hybridized carbons (Fsp3) is 0.438. The molecule has 1 saturated carbocycles. The van der Waals surface area contributed by atoms with Crippen LogP contribution in [0.4, 0.5) is 10.1 Å². The zero-order chi connectivity index (χ0) is 30.1. The van der Waals surface area contributed by atoms with Crippen LogP contribution in [0.1, 0.15) is 51.5 Å². The highest BCUT2D eigenvalue weighted by Crippen LogP contribution is 2.64. The van der Waals surface area contributed by atoms with E-state index in [2.05, 4.69) is 0 Å². The standard InChI is InChI=1S/C32H32ClFN2O6/c1-4-12-35-28(38)19-9-8-18-20(26(19)30(35)40)15-21-29(39)36(17-7-10-23(34)22(33)14-17)31(41)32(21,3)27(18)16-6-11-24(37)25(13-16)42-5-2/h6-8,10-11,13-14,19-21,26-27,37H,4-5,9,12,15H2,1-3H3/t19-,20+,21-,26-,27-,32+/m0/s1. The number of amides is 4. The maximum absolute atomic E-state index is 14.4.